The van der Waals surface area contributed by atoms with E-state index in [9.17, 15) is 0 Å². The number of furan rings is 1. The first-order valence-electron chi connectivity index (χ1n) is 25.5. The maximum absolute atomic E-state index is 6.66. The normalized spacial score (nSPS) is 17.2. The van der Waals surface area contributed by atoms with E-state index in [0.717, 1.165) is 47.0 Å². The number of thiophene rings is 1. The molecule has 3 aliphatic rings. The summed E-state index contributed by atoms with van der Waals surface area (Å²) in [6, 6.07) is 54.8. The average Bonchev–Trinajstić information content (AvgIpc) is 3.92. The minimum absolute atomic E-state index is 0.0451. The van der Waals surface area contributed by atoms with E-state index in [1.54, 1.807) is 0 Å². The molecule has 3 nitrogen and oxygen atoms in total. The third-order valence-electron chi connectivity index (χ3n) is 17.1. The molecule has 0 saturated heterocycles. The molecule has 1 aliphatic heterocycles. The molecule has 346 valence electrons. The van der Waals surface area contributed by atoms with E-state index in [-0.39, 0.29) is 21.7 Å². The van der Waals surface area contributed by atoms with Gasteiger partial charge < -0.3 is 14.6 Å². The molecule has 70 heavy (non-hydrogen) atoms. The van der Waals surface area contributed by atoms with E-state index in [4.69, 9.17) is 4.42 Å². The van der Waals surface area contributed by atoms with Crippen molar-refractivity contribution in [3.63, 3.8) is 0 Å². The van der Waals surface area contributed by atoms with Gasteiger partial charge in [0.05, 0.1) is 11.4 Å². The summed E-state index contributed by atoms with van der Waals surface area (Å²) in [5.41, 5.74) is 21.6. The van der Waals surface area contributed by atoms with Crippen molar-refractivity contribution in [2.24, 2.45) is 0 Å². The van der Waals surface area contributed by atoms with Gasteiger partial charge in [0, 0.05) is 43.5 Å². The van der Waals surface area contributed by atoms with Crippen LogP contribution in [0.2, 0.25) is 0 Å². The molecule has 0 bridgehead atoms. The van der Waals surface area contributed by atoms with Crippen molar-refractivity contribution in [2.75, 3.05) is 10.2 Å². The maximum atomic E-state index is 6.66. The molecule has 1 N–H and O–H groups in total. The zero-order chi connectivity index (χ0) is 48.1. The SMILES string of the molecule is Cc1cc2c(cc1N1c3cc(-c4ccccc4)cc(-c4c(Nc5cccc6c5oc5ccccc56)ccc5ccccc45)c3Bc3sc4cc5c(cc4c31)C(C)(C)CCC5(C)C)C(C)(C)CCC2(C)C. The van der Waals surface area contributed by atoms with Crippen LogP contribution >= 0.6 is 11.3 Å². The molecule has 10 aromatic rings. The van der Waals surface area contributed by atoms with Crippen LogP contribution in [0, 0.1) is 6.92 Å². The number of hydrogen-bond acceptors (Lipinski definition) is 4. The van der Waals surface area contributed by atoms with Crippen molar-refractivity contribution in [3.8, 4) is 22.3 Å². The van der Waals surface area contributed by atoms with Crippen LogP contribution in [0.25, 0.3) is 65.1 Å². The highest BCUT2D eigenvalue weighted by molar-refractivity contribution is 7.29. The minimum Gasteiger partial charge on any atom is -0.454 e. The number of benzene rings is 8. The van der Waals surface area contributed by atoms with Crippen molar-refractivity contribution in [2.45, 2.75) is 110 Å². The molecule has 0 saturated carbocycles. The Hall–Kier alpha value is -6.56. The third-order valence-corrected chi connectivity index (χ3v) is 18.3. The van der Waals surface area contributed by atoms with Gasteiger partial charge >= 0.3 is 0 Å². The molecule has 2 aliphatic carbocycles. The van der Waals surface area contributed by atoms with E-state index >= 15 is 0 Å². The van der Waals surface area contributed by atoms with Gasteiger partial charge in [-0.05, 0) is 168 Å². The first-order valence-corrected chi connectivity index (χ1v) is 26.4. The van der Waals surface area contributed by atoms with Crippen LogP contribution in [0.4, 0.5) is 28.4 Å². The fraction of sp³-hybridized carbons (Fsp3) is 0.262. The fourth-order valence-corrected chi connectivity index (χ4v) is 14.0. The first kappa shape index (κ1) is 43.5. The quantitative estimate of drug-likeness (QED) is 0.174. The van der Waals surface area contributed by atoms with Crippen molar-refractivity contribution < 1.29 is 4.42 Å². The van der Waals surface area contributed by atoms with Gasteiger partial charge in [0.2, 0.25) is 7.28 Å². The summed E-state index contributed by atoms with van der Waals surface area (Å²) < 4.78 is 9.47. The highest BCUT2D eigenvalue weighted by Gasteiger charge is 2.42. The first-order chi connectivity index (χ1) is 33.6. The zero-order valence-electron chi connectivity index (χ0n) is 42.2. The Bertz CT molecular complexity index is 3810. The summed E-state index contributed by atoms with van der Waals surface area (Å²) in [6.45, 7) is 22.1. The standard InChI is InChI=1S/C65H61BN2OS/c1-38-32-47-49(64(6,7)30-28-62(47,2)3)36-53(38)68-54-34-41(39-18-11-10-12-19-39)33-46(58(54)66-61-59(68)45-35-48-50(37-56(45)70-61)65(8,9)31-29-63(48,4)5)57-42-21-14-13-20-40(42)26-27-51(57)67-52-24-17-23-44-43-22-15-16-25-55(43)69-60(44)52/h10-27,32-37,66-67H,28-31H2,1-9H3. The molecular formula is C65H61BN2OS. The maximum Gasteiger partial charge on any atom is 0.211 e. The highest BCUT2D eigenvalue weighted by Crippen LogP contribution is 2.54. The topological polar surface area (TPSA) is 28.4 Å². The van der Waals surface area contributed by atoms with E-state index in [1.165, 1.54) is 117 Å². The lowest BCUT2D eigenvalue weighted by atomic mass is 9.60. The van der Waals surface area contributed by atoms with Crippen molar-refractivity contribution >= 4 is 100 Å². The second kappa shape index (κ2) is 15.2. The number of fused-ring (bicyclic) bond motifs is 10. The van der Waals surface area contributed by atoms with Gasteiger partial charge in [0.15, 0.2) is 5.58 Å². The summed E-state index contributed by atoms with van der Waals surface area (Å²) >= 11 is 2.02. The molecule has 0 spiro atoms. The molecule has 5 heteroatoms. The van der Waals surface area contributed by atoms with Gasteiger partial charge in [-0.15, -0.1) is 11.3 Å². The van der Waals surface area contributed by atoms with Gasteiger partial charge in [-0.1, -0.05) is 152 Å². The predicted molar refractivity (Wildman–Crippen MR) is 304 cm³/mol. The number of hydrogen-bond donors (Lipinski definition) is 1. The van der Waals surface area contributed by atoms with Crippen LogP contribution < -0.4 is 20.5 Å². The number of nitrogens with zero attached hydrogens (tertiary/aromatic N) is 1. The largest absolute Gasteiger partial charge is 0.454 e. The van der Waals surface area contributed by atoms with E-state index in [0.29, 0.717) is 0 Å². The number of para-hydroxylation sites is 2. The molecule has 0 amide bonds. The van der Waals surface area contributed by atoms with Gasteiger partial charge in [-0.2, -0.15) is 0 Å². The van der Waals surface area contributed by atoms with Gasteiger partial charge in [-0.3, -0.25) is 0 Å². The Morgan fingerprint density at radius 1 is 0.529 bits per heavy atom. The molecule has 3 heterocycles. The minimum atomic E-state index is 0.0451. The fourth-order valence-electron chi connectivity index (χ4n) is 12.8. The Labute approximate surface area is 417 Å². The average molecular weight is 929 g/mol. The second-order valence-corrected chi connectivity index (χ2v) is 24.6. The monoisotopic (exact) mass is 928 g/mol. The Balaban J connectivity index is 1.13. The number of nitrogens with one attached hydrogen (secondary N) is 1. The lowest BCUT2D eigenvalue weighted by Crippen LogP contribution is -2.40. The Morgan fingerprint density at radius 2 is 1.16 bits per heavy atom. The van der Waals surface area contributed by atoms with Gasteiger partial charge in [-0.25, -0.2) is 0 Å². The van der Waals surface area contributed by atoms with Crippen LogP contribution in [0.3, 0.4) is 0 Å². The van der Waals surface area contributed by atoms with Crippen LogP contribution in [0.5, 0.6) is 0 Å². The van der Waals surface area contributed by atoms with E-state index in [1.807, 2.05) is 11.3 Å². The van der Waals surface area contributed by atoms with Crippen molar-refractivity contribution in [1.82, 2.24) is 0 Å². The lowest BCUT2D eigenvalue weighted by Gasteiger charge is -2.44. The molecule has 2 aromatic heterocycles. The van der Waals surface area contributed by atoms with Crippen LogP contribution in [-0.4, -0.2) is 7.28 Å². The summed E-state index contributed by atoms with van der Waals surface area (Å²) in [4.78, 5) is 2.73. The van der Waals surface area contributed by atoms with E-state index < -0.39 is 0 Å². The van der Waals surface area contributed by atoms with Crippen molar-refractivity contribution in [3.05, 3.63) is 173 Å². The van der Waals surface area contributed by atoms with Gasteiger partial charge in [0.1, 0.15) is 5.58 Å². The van der Waals surface area contributed by atoms with Crippen molar-refractivity contribution in [1.29, 1.82) is 0 Å². The predicted octanol–water partition coefficient (Wildman–Crippen LogP) is 17.2. The molecule has 0 unspecified atom stereocenters. The summed E-state index contributed by atoms with van der Waals surface area (Å²) in [7, 11) is 0.826. The Morgan fingerprint density at radius 3 is 1.90 bits per heavy atom. The molecule has 0 fully saturated rings. The third kappa shape index (κ3) is 6.60. The Kier molecular flexibility index (Phi) is 9.45. The smallest absolute Gasteiger partial charge is 0.211 e. The molecule has 0 radical (unpaired) electrons. The van der Waals surface area contributed by atoms with Gasteiger partial charge in [0.25, 0.3) is 0 Å². The number of rotatable bonds is 5. The van der Waals surface area contributed by atoms with Crippen LogP contribution in [0.15, 0.2) is 150 Å². The molecule has 13 rings (SSSR count). The van der Waals surface area contributed by atoms with Crippen LogP contribution in [-0.2, 0) is 21.7 Å². The molecular weight excluding hydrogens is 868 g/mol. The van der Waals surface area contributed by atoms with E-state index in [2.05, 4.69) is 218 Å². The van der Waals surface area contributed by atoms with Crippen LogP contribution in [0.1, 0.15) is 109 Å². The second-order valence-electron chi connectivity index (χ2n) is 23.5. The summed E-state index contributed by atoms with van der Waals surface area (Å²) in [5, 5.41) is 10.1. The summed E-state index contributed by atoms with van der Waals surface area (Å²) in [6.07, 6.45) is 4.73. The number of aryl methyl sites for hydroxylation is 1. The zero-order valence-corrected chi connectivity index (χ0v) is 43.0. The summed E-state index contributed by atoms with van der Waals surface area (Å²) in [5.74, 6) is 0. The lowest BCUT2D eigenvalue weighted by molar-refractivity contribution is 0.332. The molecule has 0 atom stereocenters. The highest BCUT2D eigenvalue weighted by atomic mass is 32.1. The molecule has 8 aromatic carbocycles. The number of anilines is 5.